The molecule has 1 aliphatic heterocycles. The van der Waals surface area contributed by atoms with Crippen molar-refractivity contribution >= 4 is 23.8 Å². The molecule has 172 valence electrons. The zero-order valence-electron chi connectivity index (χ0n) is 17.7. The molecule has 0 spiro atoms. The number of cyclic esters (lactones) is 1. The van der Waals surface area contributed by atoms with Crippen molar-refractivity contribution in [3.05, 3.63) is 106 Å². The van der Waals surface area contributed by atoms with Crippen LogP contribution in [0, 0.1) is 5.82 Å². The lowest BCUT2D eigenvalue weighted by Gasteiger charge is -2.25. The summed E-state index contributed by atoms with van der Waals surface area (Å²) in [6.45, 7) is -0.678. The first-order chi connectivity index (χ1) is 16.4. The van der Waals surface area contributed by atoms with Gasteiger partial charge in [-0.1, -0.05) is 42.5 Å². The quantitative estimate of drug-likeness (QED) is 0.446. The van der Waals surface area contributed by atoms with E-state index in [1.807, 2.05) is 35.8 Å². The highest BCUT2D eigenvalue weighted by Crippen LogP contribution is 2.31. The molecule has 0 fully saturated rings. The van der Waals surface area contributed by atoms with Crippen LogP contribution in [0.25, 0.3) is 0 Å². The summed E-state index contributed by atoms with van der Waals surface area (Å²) in [7, 11) is 0. The highest BCUT2D eigenvalue weighted by atomic mass is 19.1. The first-order valence-corrected chi connectivity index (χ1v) is 10.3. The second-order valence-electron chi connectivity index (χ2n) is 7.44. The lowest BCUT2D eigenvalue weighted by atomic mass is 9.93. The van der Waals surface area contributed by atoms with E-state index in [9.17, 15) is 23.6 Å². The standard InChI is InChI=1S/C25H19FN2O6/c26-20-9-5-4-8-19(20)23(30)28-27-22(29)14-33-24(31)16-10-11-18-17(12-16)13-21(34-25(18)32)15-6-2-1-3-7-15/h1-12,21H,13-14H2,(H,27,29)(H,28,30). The molecular formula is C25H19FN2O6. The Bertz CT molecular complexity index is 1260. The summed E-state index contributed by atoms with van der Waals surface area (Å²) in [6, 6.07) is 18.9. The normalized spacial score (nSPS) is 14.4. The molecule has 0 aromatic heterocycles. The molecule has 0 bridgehead atoms. The first-order valence-electron chi connectivity index (χ1n) is 10.3. The molecule has 1 unspecified atom stereocenters. The van der Waals surface area contributed by atoms with Gasteiger partial charge in [0.2, 0.25) is 0 Å². The van der Waals surface area contributed by atoms with Gasteiger partial charge >= 0.3 is 11.9 Å². The highest BCUT2D eigenvalue weighted by molar-refractivity contribution is 5.97. The molecule has 1 atom stereocenters. The van der Waals surface area contributed by atoms with Crippen molar-refractivity contribution in [2.75, 3.05) is 6.61 Å². The van der Waals surface area contributed by atoms with Crippen molar-refractivity contribution in [3.8, 4) is 0 Å². The molecule has 3 aromatic carbocycles. The fourth-order valence-corrected chi connectivity index (χ4v) is 3.47. The molecular weight excluding hydrogens is 443 g/mol. The summed E-state index contributed by atoms with van der Waals surface area (Å²) in [5.41, 5.74) is 5.83. The van der Waals surface area contributed by atoms with E-state index >= 15 is 0 Å². The number of nitrogens with one attached hydrogen (secondary N) is 2. The van der Waals surface area contributed by atoms with Gasteiger partial charge in [0.05, 0.1) is 16.7 Å². The number of hydrogen-bond donors (Lipinski definition) is 2. The second-order valence-corrected chi connectivity index (χ2v) is 7.44. The summed E-state index contributed by atoms with van der Waals surface area (Å²) in [6.07, 6.45) is -0.0919. The summed E-state index contributed by atoms with van der Waals surface area (Å²) in [5, 5.41) is 0. The van der Waals surface area contributed by atoms with Crippen LogP contribution in [0.3, 0.4) is 0 Å². The third-order valence-corrected chi connectivity index (χ3v) is 5.16. The Hall–Kier alpha value is -4.53. The molecule has 0 saturated carbocycles. The minimum absolute atomic E-state index is 0.156. The Morgan fingerprint density at radius 2 is 1.71 bits per heavy atom. The van der Waals surface area contributed by atoms with Crippen LogP contribution in [0.4, 0.5) is 4.39 Å². The number of halogens is 1. The predicted molar refractivity (Wildman–Crippen MR) is 117 cm³/mol. The number of esters is 2. The number of carbonyl (C=O) groups is 4. The van der Waals surface area contributed by atoms with E-state index in [2.05, 4.69) is 5.43 Å². The summed E-state index contributed by atoms with van der Waals surface area (Å²) < 4.78 is 24.1. The topological polar surface area (TPSA) is 111 Å². The van der Waals surface area contributed by atoms with Crippen LogP contribution in [-0.4, -0.2) is 30.4 Å². The number of hydrazine groups is 1. The van der Waals surface area contributed by atoms with Gasteiger partial charge in [-0.15, -0.1) is 0 Å². The Kier molecular flexibility index (Phi) is 6.63. The molecule has 1 heterocycles. The van der Waals surface area contributed by atoms with Crippen molar-refractivity contribution in [2.45, 2.75) is 12.5 Å². The molecule has 0 radical (unpaired) electrons. The Morgan fingerprint density at radius 1 is 0.971 bits per heavy atom. The van der Waals surface area contributed by atoms with Crippen LogP contribution in [0.5, 0.6) is 0 Å². The molecule has 34 heavy (non-hydrogen) atoms. The zero-order valence-corrected chi connectivity index (χ0v) is 17.7. The van der Waals surface area contributed by atoms with Gasteiger partial charge in [0.15, 0.2) is 6.61 Å². The largest absolute Gasteiger partial charge is 0.454 e. The zero-order chi connectivity index (χ0) is 24.1. The SMILES string of the molecule is O=C(COC(=O)c1ccc2c(c1)CC(c1ccccc1)OC2=O)NNC(=O)c1ccccc1F. The molecule has 2 N–H and O–H groups in total. The monoisotopic (exact) mass is 462 g/mol. The van der Waals surface area contributed by atoms with E-state index in [0.717, 1.165) is 11.6 Å². The molecule has 9 heteroatoms. The molecule has 1 aliphatic rings. The van der Waals surface area contributed by atoms with Gasteiger partial charge < -0.3 is 9.47 Å². The van der Waals surface area contributed by atoms with Crippen molar-refractivity contribution in [1.82, 2.24) is 10.9 Å². The lowest BCUT2D eigenvalue weighted by molar-refractivity contribution is -0.125. The van der Waals surface area contributed by atoms with Gasteiger partial charge in [-0.25, -0.2) is 14.0 Å². The first kappa shape index (κ1) is 22.7. The van der Waals surface area contributed by atoms with Crippen molar-refractivity contribution in [1.29, 1.82) is 0 Å². The van der Waals surface area contributed by atoms with Gasteiger partial charge in [0, 0.05) is 6.42 Å². The van der Waals surface area contributed by atoms with E-state index in [1.165, 1.54) is 36.4 Å². The van der Waals surface area contributed by atoms with Crippen molar-refractivity contribution in [3.63, 3.8) is 0 Å². The van der Waals surface area contributed by atoms with Gasteiger partial charge in [-0.05, 0) is 41.5 Å². The minimum atomic E-state index is -0.854. The van der Waals surface area contributed by atoms with Crippen LogP contribution in [-0.2, 0) is 20.7 Å². The molecule has 3 aromatic rings. The number of benzene rings is 3. The second kappa shape index (κ2) is 9.95. The summed E-state index contributed by atoms with van der Waals surface area (Å²) in [4.78, 5) is 48.6. The highest BCUT2D eigenvalue weighted by Gasteiger charge is 2.28. The molecule has 8 nitrogen and oxygen atoms in total. The Morgan fingerprint density at radius 3 is 2.47 bits per heavy atom. The van der Waals surface area contributed by atoms with Crippen LogP contribution in [0.1, 0.15) is 48.3 Å². The minimum Gasteiger partial charge on any atom is -0.454 e. The molecule has 4 rings (SSSR count). The molecule has 0 aliphatic carbocycles. The van der Waals surface area contributed by atoms with E-state index in [-0.39, 0.29) is 11.1 Å². The van der Waals surface area contributed by atoms with E-state index in [1.54, 1.807) is 0 Å². The van der Waals surface area contributed by atoms with Crippen LogP contribution in [0.2, 0.25) is 0 Å². The predicted octanol–water partition coefficient (Wildman–Crippen LogP) is 2.90. The van der Waals surface area contributed by atoms with E-state index in [0.29, 0.717) is 17.5 Å². The van der Waals surface area contributed by atoms with E-state index < -0.39 is 42.3 Å². The fraction of sp³-hybridized carbons (Fsp3) is 0.120. The van der Waals surface area contributed by atoms with Gasteiger partial charge in [0.25, 0.3) is 11.8 Å². The number of ether oxygens (including phenoxy) is 2. The smallest absolute Gasteiger partial charge is 0.339 e. The number of amides is 2. The maximum atomic E-state index is 13.6. The number of hydrogen-bond acceptors (Lipinski definition) is 6. The third kappa shape index (κ3) is 5.09. The fourth-order valence-electron chi connectivity index (χ4n) is 3.47. The van der Waals surface area contributed by atoms with Gasteiger partial charge in [0.1, 0.15) is 11.9 Å². The van der Waals surface area contributed by atoms with Crippen LogP contribution >= 0.6 is 0 Å². The average Bonchev–Trinajstić information content (AvgIpc) is 2.86. The average molecular weight is 462 g/mol. The van der Waals surface area contributed by atoms with Crippen molar-refractivity contribution < 1.29 is 33.0 Å². The number of fused-ring (bicyclic) bond motifs is 1. The maximum Gasteiger partial charge on any atom is 0.339 e. The van der Waals surface area contributed by atoms with E-state index in [4.69, 9.17) is 9.47 Å². The van der Waals surface area contributed by atoms with Gasteiger partial charge in [-0.2, -0.15) is 0 Å². The summed E-state index contributed by atoms with van der Waals surface area (Å²) in [5.74, 6) is -3.68. The number of carbonyl (C=O) groups excluding carboxylic acids is 4. The van der Waals surface area contributed by atoms with Crippen LogP contribution in [0.15, 0.2) is 72.8 Å². The van der Waals surface area contributed by atoms with Gasteiger partial charge in [-0.3, -0.25) is 20.4 Å². The molecule has 0 saturated heterocycles. The van der Waals surface area contributed by atoms with Crippen molar-refractivity contribution in [2.24, 2.45) is 0 Å². The molecule has 2 amide bonds. The lowest BCUT2D eigenvalue weighted by Crippen LogP contribution is -2.43. The third-order valence-electron chi connectivity index (χ3n) is 5.16. The summed E-state index contributed by atoms with van der Waals surface area (Å²) >= 11 is 0. The Balaban J connectivity index is 1.34. The maximum absolute atomic E-state index is 13.6. The Labute approximate surface area is 193 Å². The van der Waals surface area contributed by atoms with Crippen LogP contribution < -0.4 is 10.9 Å². The number of rotatable bonds is 5.